The molecule has 2 atom stereocenters. The first-order valence-corrected chi connectivity index (χ1v) is 6.32. The third-order valence-corrected chi connectivity index (χ3v) is 3.16. The molecule has 1 fully saturated rings. The average molecular weight is 227 g/mol. The summed E-state index contributed by atoms with van der Waals surface area (Å²) in [5, 5.41) is 2.93. The highest BCUT2D eigenvalue weighted by atomic mass is 16.2. The lowest BCUT2D eigenvalue weighted by atomic mass is 10.2. The van der Waals surface area contributed by atoms with E-state index in [-0.39, 0.29) is 11.9 Å². The summed E-state index contributed by atoms with van der Waals surface area (Å²) in [5.74, 6) is 0.123. The predicted octanol–water partition coefficient (Wildman–Crippen LogP) is 0.713. The van der Waals surface area contributed by atoms with Gasteiger partial charge in [0, 0.05) is 18.1 Å². The standard InChI is InChI=1S/C12H25N3O/c1-4-15(8-12(16)14-9(2)3)11-6-5-10(13)7-11/h9-11H,4-8,13H2,1-3H3,(H,14,16). The van der Waals surface area contributed by atoms with Crippen LogP contribution >= 0.6 is 0 Å². The van der Waals surface area contributed by atoms with Crippen molar-refractivity contribution < 1.29 is 4.79 Å². The number of nitrogens with two attached hydrogens (primary N) is 1. The van der Waals surface area contributed by atoms with E-state index in [1.54, 1.807) is 0 Å². The van der Waals surface area contributed by atoms with Gasteiger partial charge in [-0.1, -0.05) is 6.92 Å². The molecular formula is C12H25N3O. The van der Waals surface area contributed by atoms with Gasteiger partial charge in [0.15, 0.2) is 0 Å². The van der Waals surface area contributed by atoms with Crippen molar-refractivity contribution in [2.45, 2.75) is 58.2 Å². The third kappa shape index (κ3) is 4.10. The fourth-order valence-electron chi connectivity index (χ4n) is 2.37. The summed E-state index contributed by atoms with van der Waals surface area (Å²) in [6.45, 7) is 7.50. The summed E-state index contributed by atoms with van der Waals surface area (Å²) in [4.78, 5) is 13.9. The van der Waals surface area contributed by atoms with E-state index < -0.39 is 0 Å². The fraction of sp³-hybridized carbons (Fsp3) is 0.917. The Hall–Kier alpha value is -0.610. The number of likely N-dealkylation sites (N-methyl/N-ethyl adjacent to an activating group) is 1. The van der Waals surface area contributed by atoms with Crippen molar-refractivity contribution in [3.05, 3.63) is 0 Å². The molecule has 0 bridgehead atoms. The van der Waals surface area contributed by atoms with Crippen LogP contribution in [0.25, 0.3) is 0 Å². The molecule has 16 heavy (non-hydrogen) atoms. The van der Waals surface area contributed by atoms with E-state index >= 15 is 0 Å². The number of nitrogens with zero attached hydrogens (tertiary/aromatic N) is 1. The highest BCUT2D eigenvalue weighted by Gasteiger charge is 2.27. The molecule has 0 radical (unpaired) electrons. The van der Waals surface area contributed by atoms with Gasteiger partial charge in [0.25, 0.3) is 0 Å². The number of hydrogen-bond acceptors (Lipinski definition) is 3. The van der Waals surface area contributed by atoms with Gasteiger partial charge >= 0.3 is 0 Å². The molecule has 0 saturated heterocycles. The molecule has 0 spiro atoms. The van der Waals surface area contributed by atoms with Crippen molar-refractivity contribution in [3.63, 3.8) is 0 Å². The lowest BCUT2D eigenvalue weighted by molar-refractivity contribution is -0.123. The van der Waals surface area contributed by atoms with Crippen LogP contribution in [0.4, 0.5) is 0 Å². The zero-order chi connectivity index (χ0) is 12.1. The molecule has 1 aliphatic carbocycles. The van der Waals surface area contributed by atoms with E-state index in [1.807, 2.05) is 13.8 Å². The van der Waals surface area contributed by atoms with Crippen LogP contribution in [0.3, 0.4) is 0 Å². The summed E-state index contributed by atoms with van der Waals surface area (Å²) in [6.07, 6.45) is 3.25. The number of rotatable bonds is 5. The first-order chi connectivity index (χ1) is 7.52. The average Bonchev–Trinajstić information content (AvgIpc) is 2.60. The van der Waals surface area contributed by atoms with Crippen molar-refractivity contribution >= 4 is 5.91 Å². The van der Waals surface area contributed by atoms with Gasteiger partial charge in [-0.15, -0.1) is 0 Å². The van der Waals surface area contributed by atoms with Crippen molar-refractivity contribution in [2.75, 3.05) is 13.1 Å². The van der Waals surface area contributed by atoms with Crippen LogP contribution in [0.5, 0.6) is 0 Å². The Morgan fingerprint density at radius 1 is 1.50 bits per heavy atom. The molecule has 1 aliphatic rings. The molecule has 0 aliphatic heterocycles. The minimum atomic E-state index is 0.123. The van der Waals surface area contributed by atoms with Crippen molar-refractivity contribution in [2.24, 2.45) is 5.73 Å². The van der Waals surface area contributed by atoms with E-state index in [2.05, 4.69) is 17.1 Å². The lowest BCUT2D eigenvalue weighted by Gasteiger charge is -2.27. The van der Waals surface area contributed by atoms with Crippen LogP contribution < -0.4 is 11.1 Å². The number of nitrogens with one attached hydrogen (secondary N) is 1. The third-order valence-electron chi connectivity index (χ3n) is 3.16. The predicted molar refractivity (Wildman–Crippen MR) is 66.1 cm³/mol. The monoisotopic (exact) mass is 227 g/mol. The lowest BCUT2D eigenvalue weighted by Crippen LogP contribution is -2.44. The van der Waals surface area contributed by atoms with Crippen LogP contribution in [0.2, 0.25) is 0 Å². The summed E-state index contributed by atoms with van der Waals surface area (Å²) in [7, 11) is 0. The van der Waals surface area contributed by atoms with E-state index in [4.69, 9.17) is 5.73 Å². The number of hydrogen-bond donors (Lipinski definition) is 2. The van der Waals surface area contributed by atoms with Crippen molar-refractivity contribution in [1.29, 1.82) is 0 Å². The topological polar surface area (TPSA) is 58.4 Å². The van der Waals surface area contributed by atoms with E-state index in [1.165, 1.54) is 0 Å². The molecule has 0 heterocycles. The summed E-state index contributed by atoms with van der Waals surface area (Å²) in [5.41, 5.74) is 5.90. The molecule has 3 N–H and O–H groups in total. The van der Waals surface area contributed by atoms with Gasteiger partial charge in [0.05, 0.1) is 6.54 Å². The highest BCUT2D eigenvalue weighted by Crippen LogP contribution is 2.22. The maximum Gasteiger partial charge on any atom is 0.234 e. The van der Waals surface area contributed by atoms with Gasteiger partial charge in [-0.3, -0.25) is 9.69 Å². The van der Waals surface area contributed by atoms with Gasteiger partial charge in [-0.25, -0.2) is 0 Å². The Balaban J connectivity index is 2.39. The Labute approximate surface area is 98.6 Å². The van der Waals surface area contributed by atoms with Gasteiger partial charge in [0.2, 0.25) is 5.91 Å². The molecule has 0 aromatic heterocycles. The van der Waals surface area contributed by atoms with E-state index in [0.717, 1.165) is 25.8 Å². The van der Waals surface area contributed by atoms with E-state index in [9.17, 15) is 4.79 Å². The van der Waals surface area contributed by atoms with Gasteiger partial charge in [0.1, 0.15) is 0 Å². The molecule has 94 valence electrons. The molecule has 4 heteroatoms. The molecule has 1 amide bonds. The number of amides is 1. The van der Waals surface area contributed by atoms with Crippen LogP contribution in [0.1, 0.15) is 40.0 Å². The van der Waals surface area contributed by atoms with Gasteiger partial charge < -0.3 is 11.1 Å². The van der Waals surface area contributed by atoms with Gasteiger partial charge in [-0.2, -0.15) is 0 Å². The second-order valence-corrected chi connectivity index (χ2v) is 5.01. The normalized spacial score (nSPS) is 25.4. The van der Waals surface area contributed by atoms with Crippen molar-refractivity contribution in [1.82, 2.24) is 10.2 Å². The quantitative estimate of drug-likeness (QED) is 0.727. The van der Waals surface area contributed by atoms with E-state index in [0.29, 0.717) is 18.6 Å². The minimum Gasteiger partial charge on any atom is -0.353 e. The Morgan fingerprint density at radius 3 is 2.62 bits per heavy atom. The number of carbonyl (C=O) groups is 1. The summed E-state index contributed by atoms with van der Waals surface area (Å²) in [6, 6.07) is 1.04. The highest BCUT2D eigenvalue weighted by molar-refractivity contribution is 5.78. The minimum absolute atomic E-state index is 0.123. The summed E-state index contributed by atoms with van der Waals surface area (Å²) < 4.78 is 0. The Kier molecular flexibility index (Phi) is 5.22. The SMILES string of the molecule is CCN(CC(=O)NC(C)C)C1CCC(N)C1. The Morgan fingerprint density at radius 2 is 2.19 bits per heavy atom. The molecule has 0 aromatic carbocycles. The van der Waals surface area contributed by atoms with Gasteiger partial charge in [-0.05, 0) is 39.7 Å². The largest absolute Gasteiger partial charge is 0.353 e. The second kappa shape index (κ2) is 6.21. The fourth-order valence-corrected chi connectivity index (χ4v) is 2.37. The smallest absolute Gasteiger partial charge is 0.234 e. The number of carbonyl (C=O) groups excluding carboxylic acids is 1. The van der Waals surface area contributed by atoms with Crippen LogP contribution in [-0.4, -0.2) is 42.0 Å². The van der Waals surface area contributed by atoms with Crippen LogP contribution in [0, 0.1) is 0 Å². The molecule has 2 unspecified atom stereocenters. The van der Waals surface area contributed by atoms with Crippen LogP contribution in [0.15, 0.2) is 0 Å². The molecule has 4 nitrogen and oxygen atoms in total. The summed E-state index contributed by atoms with van der Waals surface area (Å²) >= 11 is 0. The Bertz CT molecular complexity index is 230. The second-order valence-electron chi connectivity index (χ2n) is 5.01. The van der Waals surface area contributed by atoms with Crippen LogP contribution in [-0.2, 0) is 4.79 Å². The maximum absolute atomic E-state index is 11.7. The molecule has 1 rings (SSSR count). The maximum atomic E-state index is 11.7. The first-order valence-electron chi connectivity index (χ1n) is 6.32. The molecular weight excluding hydrogens is 202 g/mol. The molecule has 0 aromatic rings. The van der Waals surface area contributed by atoms with Crippen molar-refractivity contribution in [3.8, 4) is 0 Å². The zero-order valence-corrected chi connectivity index (χ0v) is 10.7. The zero-order valence-electron chi connectivity index (χ0n) is 10.7. The first kappa shape index (κ1) is 13.5. The molecule has 1 saturated carbocycles.